The molecule has 41 heavy (non-hydrogen) atoms. The van der Waals surface area contributed by atoms with Crippen molar-refractivity contribution in [1.82, 2.24) is 23.8 Å². The molecule has 1 amide bonds. The normalized spacial score (nSPS) is 16.1. The molecular formula is C28H30F2N6O4S. The van der Waals surface area contributed by atoms with Crippen molar-refractivity contribution in [3.8, 4) is 11.4 Å². The zero-order valence-corrected chi connectivity index (χ0v) is 23.9. The van der Waals surface area contributed by atoms with Crippen LogP contribution < -0.4 is 5.32 Å². The molecule has 1 aliphatic heterocycles. The van der Waals surface area contributed by atoms with Crippen LogP contribution in [-0.4, -0.2) is 63.1 Å². The second-order valence-corrected chi connectivity index (χ2v) is 12.7. The zero-order chi connectivity index (χ0) is 29.5. The Morgan fingerprint density at radius 2 is 1.90 bits per heavy atom. The van der Waals surface area contributed by atoms with Crippen LogP contribution in [0.1, 0.15) is 39.2 Å². The van der Waals surface area contributed by atoms with Gasteiger partial charge in [0, 0.05) is 36.3 Å². The molecule has 0 unspecified atom stereocenters. The van der Waals surface area contributed by atoms with E-state index >= 15 is 0 Å². The van der Waals surface area contributed by atoms with E-state index in [0.29, 0.717) is 24.9 Å². The monoisotopic (exact) mass is 584 g/mol. The smallest absolute Gasteiger partial charge is 0.410 e. The summed E-state index contributed by atoms with van der Waals surface area (Å²) in [5.74, 6) is -1.57. The second kappa shape index (κ2) is 10.7. The van der Waals surface area contributed by atoms with Gasteiger partial charge in [-0.2, -0.15) is 0 Å². The lowest BCUT2D eigenvalue weighted by atomic mass is 10.1. The Kier molecular flexibility index (Phi) is 7.41. The molecule has 0 bridgehead atoms. The molecular weight excluding hydrogens is 554 g/mol. The summed E-state index contributed by atoms with van der Waals surface area (Å²) in [7, 11) is -4.13. The van der Waals surface area contributed by atoms with Gasteiger partial charge < -0.3 is 15.0 Å². The Balaban J connectivity index is 1.50. The van der Waals surface area contributed by atoms with Gasteiger partial charge in [-0.25, -0.2) is 40.9 Å². The number of hydrogen-bond acceptors (Lipinski definition) is 8. The average molecular weight is 585 g/mol. The van der Waals surface area contributed by atoms with Gasteiger partial charge >= 0.3 is 6.09 Å². The number of rotatable bonds is 5. The standard InChI is InChI=1S/C28H30F2N6O4S/c1-17-8-5-6-10-23(17)41(38,39)36-16-21(20-12-18(29)13-32-26(20)36)24-31-14-22(30)25(34-24)33-19-9-7-11-35(15-19)27(37)40-28(2,3)4/h5-6,8,10,12-14,16,19H,7,9,11,15H2,1-4H3,(H,31,33,34)/t19-/m0/s1. The Hall–Kier alpha value is -4.13. The number of halogens is 2. The number of carbonyl (C=O) groups is 1. The van der Waals surface area contributed by atoms with Gasteiger partial charge in [0.1, 0.15) is 11.4 Å². The number of aromatic nitrogens is 4. The van der Waals surface area contributed by atoms with E-state index in [-0.39, 0.29) is 45.7 Å². The van der Waals surface area contributed by atoms with Crippen LogP contribution in [0.3, 0.4) is 0 Å². The molecule has 1 aliphatic rings. The summed E-state index contributed by atoms with van der Waals surface area (Å²) in [6, 6.07) is 7.29. The molecule has 1 aromatic carbocycles. The number of hydrogen-bond donors (Lipinski definition) is 1. The molecule has 4 heterocycles. The van der Waals surface area contributed by atoms with Crippen molar-refractivity contribution in [2.24, 2.45) is 0 Å². The molecule has 1 fully saturated rings. The third-order valence-corrected chi connectivity index (χ3v) is 8.42. The molecule has 0 aliphatic carbocycles. The topological polar surface area (TPSA) is 119 Å². The van der Waals surface area contributed by atoms with Gasteiger partial charge in [-0.3, -0.25) is 0 Å². The van der Waals surface area contributed by atoms with Gasteiger partial charge in [0.25, 0.3) is 10.0 Å². The van der Waals surface area contributed by atoms with Crippen LogP contribution in [0, 0.1) is 18.6 Å². The SMILES string of the molecule is Cc1ccccc1S(=O)(=O)n1cc(-c2ncc(F)c(N[C@H]3CCCN(C(=O)OC(C)(C)C)C3)n2)c2cc(F)cnc21. The number of carbonyl (C=O) groups excluding carboxylic acids is 1. The molecule has 1 saturated heterocycles. The quantitative estimate of drug-likeness (QED) is 0.343. The highest BCUT2D eigenvalue weighted by atomic mass is 32.2. The summed E-state index contributed by atoms with van der Waals surface area (Å²) in [5, 5.41) is 3.19. The summed E-state index contributed by atoms with van der Waals surface area (Å²) in [6.45, 7) is 7.81. The maximum Gasteiger partial charge on any atom is 0.410 e. The fraction of sp³-hybridized carbons (Fsp3) is 0.357. The molecule has 3 aromatic heterocycles. The van der Waals surface area contributed by atoms with Crippen LogP contribution >= 0.6 is 0 Å². The number of likely N-dealkylation sites (tertiary alicyclic amines) is 1. The average Bonchev–Trinajstić information content (AvgIpc) is 3.29. The minimum absolute atomic E-state index is 0.0210. The lowest BCUT2D eigenvalue weighted by Crippen LogP contribution is -2.47. The summed E-state index contributed by atoms with van der Waals surface area (Å²) >= 11 is 0. The summed E-state index contributed by atoms with van der Waals surface area (Å²) in [5.41, 5.74) is 0.0136. The van der Waals surface area contributed by atoms with E-state index in [2.05, 4.69) is 20.3 Å². The molecule has 5 rings (SSSR count). The highest BCUT2D eigenvalue weighted by molar-refractivity contribution is 7.90. The minimum atomic E-state index is -4.13. The number of fused-ring (bicyclic) bond motifs is 1. The zero-order valence-electron chi connectivity index (χ0n) is 23.1. The molecule has 0 spiro atoms. The van der Waals surface area contributed by atoms with Crippen molar-refractivity contribution in [1.29, 1.82) is 0 Å². The second-order valence-electron chi connectivity index (χ2n) is 10.9. The summed E-state index contributed by atoms with van der Waals surface area (Å²) in [6.07, 6.45) is 4.02. The van der Waals surface area contributed by atoms with Crippen molar-refractivity contribution < 1.29 is 26.7 Å². The predicted octanol–water partition coefficient (Wildman–Crippen LogP) is 5.13. The summed E-state index contributed by atoms with van der Waals surface area (Å²) < 4.78 is 62.9. The Bertz CT molecular complexity index is 1740. The molecule has 1 N–H and O–H groups in total. The number of nitrogens with zero attached hydrogens (tertiary/aromatic N) is 5. The number of piperidine rings is 1. The van der Waals surface area contributed by atoms with Crippen LogP contribution in [0.2, 0.25) is 0 Å². The number of amides is 1. The molecule has 0 saturated carbocycles. The molecule has 0 radical (unpaired) electrons. The van der Waals surface area contributed by atoms with E-state index in [9.17, 15) is 22.0 Å². The van der Waals surface area contributed by atoms with Crippen molar-refractivity contribution >= 4 is 33.0 Å². The van der Waals surface area contributed by atoms with E-state index in [1.165, 1.54) is 12.3 Å². The molecule has 216 valence electrons. The highest BCUT2D eigenvalue weighted by Gasteiger charge is 2.29. The Labute approximate surface area is 236 Å². The lowest BCUT2D eigenvalue weighted by molar-refractivity contribution is 0.0206. The number of anilines is 1. The minimum Gasteiger partial charge on any atom is -0.444 e. The fourth-order valence-corrected chi connectivity index (χ4v) is 6.30. The third kappa shape index (κ3) is 5.85. The molecule has 10 nitrogen and oxygen atoms in total. The van der Waals surface area contributed by atoms with Gasteiger partial charge in [-0.15, -0.1) is 0 Å². The maximum atomic E-state index is 14.9. The van der Waals surface area contributed by atoms with E-state index in [0.717, 1.165) is 22.4 Å². The van der Waals surface area contributed by atoms with E-state index in [1.54, 1.807) is 50.8 Å². The number of benzene rings is 1. The van der Waals surface area contributed by atoms with Gasteiger partial charge in [0.15, 0.2) is 23.1 Å². The molecule has 13 heteroatoms. The number of pyridine rings is 1. The fourth-order valence-electron chi connectivity index (χ4n) is 4.75. The van der Waals surface area contributed by atoms with Crippen molar-refractivity contribution in [3.63, 3.8) is 0 Å². The molecule has 4 aromatic rings. The maximum absolute atomic E-state index is 14.9. The first-order valence-electron chi connectivity index (χ1n) is 13.1. The van der Waals surface area contributed by atoms with Gasteiger partial charge in [-0.1, -0.05) is 18.2 Å². The van der Waals surface area contributed by atoms with Gasteiger partial charge in [0.05, 0.1) is 17.3 Å². The highest BCUT2D eigenvalue weighted by Crippen LogP contribution is 2.32. The van der Waals surface area contributed by atoms with Crippen LogP contribution in [0.5, 0.6) is 0 Å². The Morgan fingerprint density at radius 3 is 2.63 bits per heavy atom. The van der Waals surface area contributed by atoms with Gasteiger partial charge in [0.2, 0.25) is 0 Å². The lowest BCUT2D eigenvalue weighted by Gasteiger charge is -2.34. The first kappa shape index (κ1) is 28.4. The van der Waals surface area contributed by atoms with E-state index in [1.807, 2.05) is 0 Å². The van der Waals surface area contributed by atoms with Crippen LogP contribution in [0.4, 0.5) is 19.4 Å². The number of aryl methyl sites for hydroxylation is 1. The van der Waals surface area contributed by atoms with E-state index in [4.69, 9.17) is 4.74 Å². The number of ether oxygens (including phenoxy) is 1. The van der Waals surface area contributed by atoms with Crippen molar-refractivity contribution in [2.45, 2.75) is 57.1 Å². The van der Waals surface area contributed by atoms with Crippen LogP contribution in [0.15, 0.2) is 53.8 Å². The predicted molar refractivity (Wildman–Crippen MR) is 149 cm³/mol. The largest absolute Gasteiger partial charge is 0.444 e. The first-order chi connectivity index (χ1) is 19.3. The summed E-state index contributed by atoms with van der Waals surface area (Å²) in [4.78, 5) is 26.7. The molecule has 1 atom stereocenters. The first-order valence-corrected chi connectivity index (χ1v) is 14.5. The van der Waals surface area contributed by atoms with Gasteiger partial charge in [-0.05, 0) is 58.2 Å². The van der Waals surface area contributed by atoms with Crippen molar-refractivity contribution in [2.75, 3.05) is 18.4 Å². The van der Waals surface area contributed by atoms with E-state index < -0.39 is 33.4 Å². The Morgan fingerprint density at radius 1 is 1.15 bits per heavy atom. The van der Waals surface area contributed by atoms with Crippen molar-refractivity contribution in [3.05, 3.63) is 66.1 Å². The van der Waals surface area contributed by atoms with Crippen LogP contribution in [-0.2, 0) is 14.8 Å². The third-order valence-electron chi connectivity index (χ3n) is 6.61. The number of nitrogens with one attached hydrogen (secondary N) is 1. The van der Waals surface area contributed by atoms with Crippen LogP contribution in [0.25, 0.3) is 22.4 Å².